The van der Waals surface area contributed by atoms with Crippen LogP contribution < -0.4 is 15.4 Å². The van der Waals surface area contributed by atoms with Crippen molar-refractivity contribution in [2.24, 2.45) is 4.99 Å². The van der Waals surface area contributed by atoms with Crippen molar-refractivity contribution in [3.05, 3.63) is 65.7 Å². The minimum atomic E-state index is 0.263. The van der Waals surface area contributed by atoms with E-state index < -0.39 is 0 Å². The number of para-hydroxylation sites is 1. The van der Waals surface area contributed by atoms with Crippen molar-refractivity contribution < 1.29 is 4.74 Å². The maximum absolute atomic E-state index is 5.62. The van der Waals surface area contributed by atoms with Gasteiger partial charge in [-0.3, -0.25) is 9.89 Å². The number of nitrogens with zero attached hydrogens (tertiary/aromatic N) is 2. The van der Waals surface area contributed by atoms with E-state index in [-0.39, 0.29) is 6.04 Å². The van der Waals surface area contributed by atoms with Crippen LogP contribution >= 0.6 is 0 Å². The Bertz CT molecular complexity index is 726. The molecule has 2 aromatic rings. The van der Waals surface area contributed by atoms with E-state index in [9.17, 15) is 0 Å². The normalized spacial score (nSPS) is 16.1. The van der Waals surface area contributed by atoms with E-state index in [4.69, 9.17) is 4.74 Å². The lowest BCUT2D eigenvalue weighted by Crippen LogP contribution is -2.42. The summed E-state index contributed by atoms with van der Waals surface area (Å²) in [6.45, 7) is 3.79. The third-order valence-corrected chi connectivity index (χ3v) is 5.07. The van der Waals surface area contributed by atoms with Gasteiger partial charge in [-0.25, -0.2) is 0 Å². The van der Waals surface area contributed by atoms with Gasteiger partial charge in [-0.05, 0) is 37.6 Å². The second kappa shape index (κ2) is 9.97. The van der Waals surface area contributed by atoms with Crippen LogP contribution in [0, 0.1) is 0 Å². The summed E-state index contributed by atoms with van der Waals surface area (Å²) in [5.74, 6) is 1.77. The van der Waals surface area contributed by atoms with Gasteiger partial charge in [0, 0.05) is 25.7 Å². The van der Waals surface area contributed by atoms with Crippen molar-refractivity contribution in [1.29, 1.82) is 0 Å². The molecule has 2 N–H and O–H groups in total. The maximum atomic E-state index is 5.62. The smallest absolute Gasteiger partial charge is 0.191 e. The van der Waals surface area contributed by atoms with Crippen LogP contribution in [0.25, 0.3) is 0 Å². The predicted octanol–water partition coefficient (Wildman–Crippen LogP) is 3.20. The molecule has 0 aromatic heterocycles. The first-order valence-corrected chi connectivity index (χ1v) is 9.67. The molecule has 1 atom stereocenters. The van der Waals surface area contributed by atoms with Gasteiger partial charge in [0.1, 0.15) is 5.75 Å². The molecule has 5 nitrogen and oxygen atoms in total. The molecule has 1 unspecified atom stereocenters. The average molecular weight is 367 g/mol. The van der Waals surface area contributed by atoms with E-state index >= 15 is 0 Å². The molecule has 1 heterocycles. The summed E-state index contributed by atoms with van der Waals surface area (Å²) < 4.78 is 5.62. The number of methoxy groups -OCH3 is 1. The first-order valence-electron chi connectivity index (χ1n) is 9.67. The van der Waals surface area contributed by atoms with Crippen molar-refractivity contribution in [2.75, 3.05) is 33.8 Å². The number of likely N-dealkylation sites (tertiary alicyclic amines) is 1. The Morgan fingerprint density at radius 3 is 2.44 bits per heavy atom. The summed E-state index contributed by atoms with van der Waals surface area (Å²) in [4.78, 5) is 6.92. The van der Waals surface area contributed by atoms with E-state index in [1.54, 1.807) is 7.11 Å². The molecule has 0 aliphatic carbocycles. The second-order valence-electron chi connectivity index (χ2n) is 6.79. The third kappa shape index (κ3) is 5.23. The SMILES string of the molecule is CN=C(NCc1ccccc1)NCC(c1ccccc1OC)N1CCCC1. The van der Waals surface area contributed by atoms with E-state index in [1.165, 1.54) is 24.0 Å². The van der Waals surface area contributed by atoms with E-state index in [0.717, 1.165) is 37.9 Å². The lowest BCUT2D eigenvalue weighted by atomic mass is 10.0. The number of ether oxygens (including phenoxy) is 1. The van der Waals surface area contributed by atoms with Gasteiger partial charge in [-0.15, -0.1) is 0 Å². The largest absolute Gasteiger partial charge is 0.496 e. The maximum Gasteiger partial charge on any atom is 0.191 e. The summed E-state index contributed by atoms with van der Waals surface area (Å²) in [5.41, 5.74) is 2.47. The first kappa shape index (κ1) is 19.2. The quantitative estimate of drug-likeness (QED) is 0.584. The Hall–Kier alpha value is -2.53. The van der Waals surface area contributed by atoms with E-state index in [0.29, 0.717) is 0 Å². The second-order valence-corrected chi connectivity index (χ2v) is 6.79. The highest BCUT2D eigenvalue weighted by molar-refractivity contribution is 5.79. The Morgan fingerprint density at radius 2 is 1.74 bits per heavy atom. The number of rotatable bonds is 7. The van der Waals surface area contributed by atoms with Gasteiger partial charge in [0.15, 0.2) is 5.96 Å². The van der Waals surface area contributed by atoms with Gasteiger partial charge in [-0.2, -0.15) is 0 Å². The predicted molar refractivity (Wildman–Crippen MR) is 111 cm³/mol. The minimum absolute atomic E-state index is 0.263. The van der Waals surface area contributed by atoms with Crippen LogP contribution in [0.1, 0.15) is 30.0 Å². The minimum Gasteiger partial charge on any atom is -0.496 e. The highest BCUT2D eigenvalue weighted by Crippen LogP contribution is 2.31. The van der Waals surface area contributed by atoms with Crippen LogP contribution in [-0.2, 0) is 6.54 Å². The van der Waals surface area contributed by atoms with E-state index in [2.05, 4.69) is 56.9 Å². The van der Waals surface area contributed by atoms with Gasteiger partial charge >= 0.3 is 0 Å². The summed E-state index contributed by atoms with van der Waals surface area (Å²) in [7, 11) is 3.56. The fraction of sp³-hybridized carbons (Fsp3) is 0.409. The fourth-order valence-electron chi connectivity index (χ4n) is 3.63. The van der Waals surface area contributed by atoms with Crippen molar-refractivity contribution in [1.82, 2.24) is 15.5 Å². The number of nitrogens with one attached hydrogen (secondary N) is 2. The van der Waals surface area contributed by atoms with Crippen LogP contribution in [0.3, 0.4) is 0 Å². The van der Waals surface area contributed by atoms with Crippen molar-refractivity contribution in [3.8, 4) is 5.75 Å². The first-order chi connectivity index (χ1) is 13.3. The number of hydrogen-bond donors (Lipinski definition) is 2. The van der Waals surface area contributed by atoms with E-state index in [1.807, 2.05) is 25.2 Å². The van der Waals surface area contributed by atoms with Gasteiger partial charge in [-0.1, -0.05) is 48.5 Å². The molecule has 5 heteroatoms. The zero-order valence-corrected chi connectivity index (χ0v) is 16.3. The molecule has 0 radical (unpaired) electrons. The fourth-order valence-corrected chi connectivity index (χ4v) is 3.63. The Balaban J connectivity index is 1.66. The molecule has 1 aliphatic rings. The molecule has 144 valence electrons. The molecule has 0 bridgehead atoms. The molecule has 0 saturated carbocycles. The Kier molecular flexibility index (Phi) is 7.11. The summed E-state index contributed by atoms with van der Waals surface area (Å²) >= 11 is 0. The molecular weight excluding hydrogens is 336 g/mol. The van der Waals surface area contributed by atoms with Crippen LogP contribution in [0.5, 0.6) is 5.75 Å². The number of aliphatic imine (C=N–C) groups is 1. The molecule has 1 aliphatic heterocycles. The van der Waals surface area contributed by atoms with Crippen LogP contribution in [0.15, 0.2) is 59.6 Å². The standard InChI is InChI=1S/C22H30N4O/c1-23-22(24-16-18-10-4-3-5-11-18)25-17-20(26-14-8-9-15-26)19-12-6-7-13-21(19)27-2/h3-7,10-13,20H,8-9,14-17H2,1-2H3,(H2,23,24,25). The number of guanidine groups is 1. The molecule has 0 amide bonds. The van der Waals surface area contributed by atoms with Crippen LogP contribution in [0.4, 0.5) is 0 Å². The van der Waals surface area contributed by atoms with Crippen LogP contribution in [-0.4, -0.2) is 44.7 Å². The monoisotopic (exact) mass is 366 g/mol. The molecule has 1 fully saturated rings. The summed E-state index contributed by atoms with van der Waals surface area (Å²) in [5, 5.41) is 6.91. The van der Waals surface area contributed by atoms with Crippen molar-refractivity contribution in [3.63, 3.8) is 0 Å². The van der Waals surface area contributed by atoms with Gasteiger partial charge < -0.3 is 15.4 Å². The molecule has 27 heavy (non-hydrogen) atoms. The lowest BCUT2D eigenvalue weighted by Gasteiger charge is -2.30. The lowest BCUT2D eigenvalue weighted by molar-refractivity contribution is 0.239. The van der Waals surface area contributed by atoms with Gasteiger partial charge in [0.25, 0.3) is 0 Å². The average Bonchev–Trinajstić information content (AvgIpc) is 3.26. The molecular formula is C22H30N4O. The molecule has 3 rings (SSSR count). The third-order valence-electron chi connectivity index (χ3n) is 5.07. The number of benzene rings is 2. The Labute approximate surface area is 162 Å². The topological polar surface area (TPSA) is 48.9 Å². The zero-order valence-electron chi connectivity index (χ0n) is 16.3. The zero-order chi connectivity index (χ0) is 18.9. The summed E-state index contributed by atoms with van der Waals surface area (Å²) in [6, 6.07) is 19.0. The molecule has 1 saturated heterocycles. The van der Waals surface area contributed by atoms with Crippen LogP contribution in [0.2, 0.25) is 0 Å². The van der Waals surface area contributed by atoms with Crippen molar-refractivity contribution in [2.45, 2.75) is 25.4 Å². The highest BCUT2D eigenvalue weighted by atomic mass is 16.5. The molecule has 2 aromatic carbocycles. The summed E-state index contributed by atoms with van der Waals surface area (Å²) in [6.07, 6.45) is 2.51. The Morgan fingerprint density at radius 1 is 1.04 bits per heavy atom. The highest BCUT2D eigenvalue weighted by Gasteiger charge is 2.25. The number of hydrogen-bond acceptors (Lipinski definition) is 3. The van der Waals surface area contributed by atoms with Gasteiger partial charge in [0.2, 0.25) is 0 Å². The molecule has 0 spiro atoms. The van der Waals surface area contributed by atoms with Gasteiger partial charge in [0.05, 0.1) is 13.2 Å². The van der Waals surface area contributed by atoms with Crippen molar-refractivity contribution >= 4 is 5.96 Å².